The molecule has 0 saturated heterocycles. The van der Waals surface area contributed by atoms with Crippen LogP contribution in [0.4, 0.5) is 5.69 Å². The number of anilines is 1. The molecule has 2 nitrogen and oxygen atoms in total. The number of hydrogen-bond donors (Lipinski definition) is 2. The third kappa shape index (κ3) is 2.70. The van der Waals surface area contributed by atoms with Gasteiger partial charge < -0.3 is 11.1 Å². The SMILES string of the molecule is CCCNc1ccc(C(N)=S)c(C)c1. The van der Waals surface area contributed by atoms with Crippen LogP contribution in [0, 0.1) is 6.92 Å². The van der Waals surface area contributed by atoms with Gasteiger partial charge in [0.05, 0.1) is 0 Å². The minimum Gasteiger partial charge on any atom is -0.389 e. The molecule has 1 rings (SSSR count). The number of thiocarbonyl (C=S) groups is 1. The highest BCUT2D eigenvalue weighted by molar-refractivity contribution is 7.80. The van der Waals surface area contributed by atoms with E-state index in [0.29, 0.717) is 4.99 Å². The van der Waals surface area contributed by atoms with Gasteiger partial charge in [0.25, 0.3) is 0 Å². The normalized spacial score (nSPS) is 9.86. The summed E-state index contributed by atoms with van der Waals surface area (Å²) in [5.74, 6) is 0. The van der Waals surface area contributed by atoms with Gasteiger partial charge in [0, 0.05) is 17.8 Å². The van der Waals surface area contributed by atoms with Crippen molar-refractivity contribution in [3.8, 4) is 0 Å². The summed E-state index contributed by atoms with van der Waals surface area (Å²) in [6, 6.07) is 6.05. The van der Waals surface area contributed by atoms with Crippen LogP contribution in [-0.2, 0) is 0 Å². The van der Waals surface area contributed by atoms with Crippen LogP contribution >= 0.6 is 12.2 Å². The highest BCUT2D eigenvalue weighted by Gasteiger charge is 2.01. The Morgan fingerprint density at radius 2 is 2.21 bits per heavy atom. The monoisotopic (exact) mass is 208 g/mol. The lowest BCUT2D eigenvalue weighted by Crippen LogP contribution is -2.11. The quantitative estimate of drug-likeness (QED) is 0.746. The predicted octanol–water partition coefficient (Wildman–Crippen LogP) is 2.45. The summed E-state index contributed by atoms with van der Waals surface area (Å²) in [7, 11) is 0. The number of aryl methyl sites for hydroxylation is 1. The van der Waals surface area contributed by atoms with Gasteiger partial charge in [0.2, 0.25) is 0 Å². The lowest BCUT2D eigenvalue weighted by atomic mass is 10.1. The van der Waals surface area contributed by atoms with Crippen molar-refractivity contribution in [2.45, 2.75) is 20.3 Å². The van der Waals surface area contributed by atoms with Gasteiger partial charge in [-0.1, -0.05) is 19.1 Å². The number of hydrogen-bond acceptors (Lipinski definition) is 2. The lowest BCUT2D eigenvalue weighted by molar-refractivity contribution is 0.979. The molecule has 1 aromatic carbocycles. The van der Waals surface area contributed by atoms with Gasteiger partial charge in [-0.15, -0.1) is 0 Å². The van der Waals surface area contributed by atoms with Gasteiger partial charge in [-0.25, -0.2) is 0 Å². The molecule has 0 fully saturated rings. The molecule has 0 aliphatic heterocycles. The maximum absolute atomic E-state index is 5.58. The number of nitrogens with one attached hydrogen (secondary N) is 1. The molecule has 76 valence electrons. The highest BCUT2D eigenvalue weighted by Crippen LogP contribution is 2.14. The highest BCUT2D eigenvalue weighted by atomic mass is 32.1. The Kier molecular flexibility index (Phi) is 3.89. The summed E-state index contributed by atoms with van der Waals surface area (Å²) in [4.78, 5) is 0.463. The van der Waals surface area contributed by atoms with Crippen molar-refractivity contribution >= 4 is 22.9 Å². The molecule has 0 aliphatic carbocycles. The van der Waals surface area contributed by atoms with Crippen LogP contribution in [0.25, 0.3) is 0 Å². The second-order valence-corrected chi connectivity index (χ2v) is 3.76. The predicted molar refractivity (Wildman–Crippen MR) is 65.8 cm³/mol. The Labute approximate surface area is 90.5 Å². The van der Waals surface area contributed by atoms with Crippen molar-refractivity contribution in [1.29, 1.82) is 0 Å². The zero-order valence-corrected chi connectivity index (χ0v) is 9.45. The van der Waals surface area contributed by atoms with Gasteiger partial charge in [-0.3, -0.25) is 0 Å². The minimum atomic E-state index is 0.463. The van der Waals surface area contributed by atoms with E-state index in [0.717, 1.165) is 29.8 Å². The van der Waals surface area contributed by atoms with Gasteiger partial charge >= 0.3 is 0 Å². The number of rotatable bonds is 4. The first-order valence-electron chi connectivity index (χ1n) is 4.79. The topological polar surface area (TPSA) is 38.0 Å². The molecule has 0 aliphatic rings. The first-order valence-corrected chi connectivity index (χ1v) is 5.20. The molecule has 0 heterocycles. The fourth-order valence-electron chi connectivity index (χ4n) is 1.32. The molecular formula is C11H16N2S. The van der Waals surface area contributed by atoms with Crippen molar-refractivity contribution in [3.05, 3.63) is 29.3 Å². The van der Waals surface area contributed by atoms with Crippen LogP contribution in [0.2, 0.25) is 0 Å². The van der Waals surface area contributed by atoms with Crippen LogP contribution in [0.1, 0.15) is 24.5 Å². The molecule has 3 N–H and O–H groups in total. The molecule has 0 unspecified atom stereocenters. The summed E-state index contributed by atoms with van der Waals surface area (Å²) < 4.78 is 0. The van der Waals surface area contributed by atoms with Gasteiger partial charge in [-0.05, 0) is 37.1 Å². The molecule has 0 radical (unpaired) electrons. The van der Waals surface area contributed by atoms with E-state index in [1.807, 2.05) is 19.1 Å². The first kappa shape index (κ1) is 11.0. The average Bonchev–Trinajstić information content (AvgIpc) is 2.14. The van der Waals surface area contributed by atoms with E-state index in [1.54, 1.807) is 0 Å². The van der Waals surface area contributed by atoms with E-state index in [1.165, 1.54) is 0 Å². The summed E-state index contributed by atoms with van der Waals surface area (Å²) in [6.45, 7) is 5.15. The molecule has 0 saturated carbocycles. The zero-order chi connectivity index (χ0) is 10.6. The second-order valence-electron chi connectivity index (χ2n) is 3.32. The van der Waals surface area contributed by atoms with Crippen LogP contribution < -0.4 is 11.1 Å². The van der Waals surface area contributed by atoms with Gasteiger partial charge in [0.15, 0.2) is 0 Å². The summed E-state index contributed by atoms with van der Waals surface area (Å²) >= 11 is 4.94. The minimum absolute atomic E-state index is 0.463. The standard InChI is InChI=1S/C11H16N2S/c1-3-6-13-9-4-5-10(11(12)14)8(2)7-9/h4-5,7,13H,3,6H2,1-2H3,(H2,12,14). The van der Waals surface area contributed by atoms with E-state index < -0.39 is 0 Å². The molecule has 0 atom stereocenters. The second kappa shape index (κ2) is 4.96. The van der Waals surface area contributed by atoms with E-state index in [9.17, 15) is 0 Å². The molecule has 14 heavy (non-hydrogen) atoms. The van der Waals surface area contributed by atoms with Crippen molar-refractivity contribution in [1.82, 2.24) is 0 Å². The Morgan fingerprint density at radius 1 is 1.50 bits per heavy atom. The Bertz CT molecular complexity index is 334. The molecule has 0 spiro atoms. The molecule has 3 heteroatoms. The summed E-state index contributed by atoms with van der Waals surface area (Å²) in [5, 5.41) is 3.32. The fraction of sp³-hybridized carbons (Fsp3) is 0.364. The lowest BCUT2D eigenvalue weighted by Gasteiger charge is -2.08. The van der Waals surface area contributed by atoms with Crippen molar-refractivity contribution < 1.29 is 0 Å². The maximum atomic E-state index is 5.58. The molecule has 0 amide bonds. The molecule has 1 aromatic rings. The van der Waals surface area contributed by atoms with E-state index in [2.05, 4.69) is 18.3 Å². The largest absolute Gasteiger partial charge is 0.389 e. The van der Waals surface area contributed by atoms with Gasteiger partial charge in [-0.2, -0.15) is 0 Å². The summed E-state index contributed by atoms with van der Waals surface area (Å²) in [6.07, 6.45) is 1.12. The fourth-order valence-corrected chi connectivity index (χ4v) is 1.55. The van der Waals surface area contributed by atoms with Crippen LogP contribution in [0.5, 0.6) is 0 Å². The zero-order valence-electron chi connectivity index (χ0n) is 8.63. The van der Waals surface area contributed by atoms with Crippen molar-refractivity contribution in [2.24, 2.45) is 5.73 Å². The van der Waals surface area contributed by atoms with Gasteiger partial charge in [0.1, 0.15) is 4.99 Å². The first-order chi connectivity index (χ1) is 6.65. The van der Waals surface area contributed by atoms with Crippen LogP contribution in [-0.4, -0.2) is 11.5 Å². The summed E-state index contributed by atoms with van der Waals surface area (Å²) in [5.41, 5.74) is 8.79. The number of benzene rings is 1. The maximum Gasteiger partial charge on any atom is 0.104 e. The van der Waals surface area contributed by atoms with Crippen molar-refractivity contribution in [3.63, 3.8) is 0 Å². The third-order valence-corrected chi connectivity index (χ3v) is 2.29. The van der Waals surface area contributed by atoms with E-state index in [-0.39, 0.29) is 0 Å². The average molecular weight is 208 g/mol. The Morgan fingerprint density at radius 3 is 2.71 bits per heavy atom. The Balaban J connectivity index is 2.83. The molecule has 0 bridgehead atoms. The molecule has 0 aromatic heterocycles. The Hall–Kier alpha value is -1.09. The van der Waals surface area contributed by atoms with E-state index in [4.69, 9.17) is 18.0 Å². The smallest absolute Gasteiger partial charge is 0.104 e. The number of nitrogens with two attached hydrogens (primary N) is 1. The molecular weight excluding hydrogens is 192 g/mol. The van der Waals surface area contributed by atoms with Crippen LogP contribution in [0.3, 0.4) is 0 Å². The third-order valence-electron chi connectivity index (χ3n) is 2.07. The van der Waals surface area contributed by atoms with Crippen molar-refractivity contribution in [2.75, 3.05) is 11.9 Å². The van der Waals surface area contributed by atoms with Crippen LogP contribution in [0.15, 0.2) is 18.2 Å². The van der Waals surface area contributed by atoms with E-state index >= 15 is 0 Å².